The monoisotopic (exact) mass is 169 g/mol. The summed E-state index contributed by atoms with van der Waals surface area (Å²) < 4.78 is 0. The first kappa shape index (κ1) is 8.93. The third kappa shape index (κ3) is 1.53. The topological polar surface area (TPSA) is 57.6 Å². The minimum atomic E-state index is -1.01. The van der Waals surface area contributed by atoms with Crippen molar-refractivity contribution in [1.82, 2.24) is 4.90 Å². The van der Waals surface area contributed by atoms with E-state index >= 15 is 0 Å². The average molecular weight is 169 g/mol. The molecule has 0 radical (unpaired) electrons. The second-order valence-electron chi connectivity index (χ2n) is 2.69. The highest BCUT2D eigenvalue weighted by atomic mass is 16.3. The van der Waals surface area contributed by atoms with Crippen molar-refractivity contribution < 1.29 is 14.7 Å². The standard InChI is InChI=1S/C8H11NO3/c1-2-5-9-7(11)4-3-6(10)8(9)12/h2,6,10H,1,3-5H2/t6-/m1/s1. The zero-order valence-electron chi connectivity index (χ0n) is 6.69. The highest BCUT2D eigenvalue weighted by molar-refractivity contribution is 5.99. The first-order chi connectivity index (χ1) is 5.66. The van der Waals surface area contributed by atoms with Crippen LogP contribution < -0.4 is 0 Å². The lowest BCUT2D eigenvalue weighted by molar-refractivity contribution is -0.154. The van der Waals surface area contributed by atoms with E-state index in [1.807, 2.05) is 0 Å². The molecule has 0 unspecified atom stereocenters. The van der Waals surface area contributed by atoms with Gasteiger partial charge in [0.05, 0.1) is 0 Å². The van der Waals surface area contributed by atoms with E-state index in [4.69, 9.17) is 5.11 Å². The normalized spacial score (nSPS) is 24.4. The van der Waals surface area contributed by atoms with Crippen LogP contribution in [0.1, 0.15) is 12.8 Å². The van der Waals surface area contributed by atoms with Crippen molar-refractivity contribution in [3.8, 4) is 0 Å². The highest BCUT2D eigenvalue weighted by Gasteiger charge is 2.31. The van der Waals surface area contributed by atoms with Crippen molar-refractivity contribution in [3.05, 3.63) is 12.7 Å². The van der Waals surface area contributed by atoms with Gasteiger partial charge >= 0.3 is 0 Å². The Morgan fingerprint density at radius 2 is 2.33 bits per heavy atom. The van der Waals surface area contributed by atoms with Gasteiger partial charge in [0.2, 0.25) is 5.91 Å². The maximum atomic E-state index is 11.1. The molecular formula is C8H11NO3. The lowest BCUT2D eigenvalue weighted by atomic mass is 10.1. The maximum absolute atomic E-state index is 11.1. The highest BCUT2D eigenvalue weighted by Crippen LogP contribution is 2.12. The number of hydrogen-bond acceptors (Lipinski definition) is 3. The first-order valence-corrected chi connectivity index (χ1v) is 3.80. The van der Waals surface area contributed by atoms with Crippen LogP contribution in [0.3, 0.4) is 0 Å². The smallest absolute Gasteiger partial charge is 0.258 e. The second-order valence-corrected chi connectivity index (χ2v) is 2.69. The van der Waals surface area contributed by atoms with E-state index in [2.05, 4.69) is 6.58 Å². The van der Waals surface area contributed by atoms with Crippen LogP contribution in [0.25, 0.3) is 0 Å². The number of carbonyl (C=O) groups is 2. The number of rotatable bonds is 2. The van der Waals surface area contributed by atoms with E-state index in [-0.39, 0.29) is 25.3 Å². The maximum Gasteiger partial charge on any atom is 0.258 e. The van der Waals surface area contributed by atoms with Gasteiger partial charge in [0.15, 0.2) is 0 Å². The van der Waals surface area contributed by atoms with E-state index < -0.39 is 12.0 Å². The molecule has 1 fully saturated rings. The Bertz CT molecular complexity index is 224. The van der Waals surface area contributed by atoms with E-state index in [0.29, 0.717) is 0 Å². The van der Waals surface area contributed by atoms with Crippen molar-refractivity contribution in [2.75, 3.05) is 6.54 Å². The van der Waals surface area contributed by atoms with Gasteiger partial charge in [-0.15, -0.1) is 6.58 Å². The van der Waals surface area contributed by atoms with Gasteiger partial charge in [-0.1, -0.05) is 6.08 Å². The summed E-state index contributed by atoms with van der Waals surface area (Å²) in [6, 6.07) is 0. The van der Waals surface area contributed by atoms with Crippen LogP contribution in [0.2, 0.25) is 0 Å². The molecule has 1 aliphatic rings. The van der Waals surface area contributed by atoms with Crippen LogP contribution >= 0.6 is 0 Å². The first-order valence-electron chi connectivity index (χ1n) is 3.80. The third-order valence-electron chi connectivity index (χ3n) is 1.80. The van der Waals surface area contributed by atoms with E-state index in [9.17, 15) is 9.59 Å². The minimum Gasteiger partial charge on any atom is -0.383 e. The number of imide groups is 1. The number of aliphatic hydroxyl groups excluding tert-OH is 1. The van der Waals surface area contributed by atoms with Crippen LogP contribution in [-0.4, -0.2) is 34.5 Å². The van der Waals surface area contributed by atoms with Crippen molar-refractivity contribution >= 4 is 11.8 Å². The Hall–Kier alpha value is -1.16. The number of nitrogens with zero attached hydrogens (tertiary/aromatic N) is 1. The van der Waals surface area contributed by atoms with Crippen molar-refractivity contribution in [1.29, 1.82) is 0 Å². The summed E-state index contributed by atoms with van der Waals surface area (Å²) in [5, 5.41) is 9.11. The number of carbonyl (C=O) groups excluding carboxylic acids is 2. The van der Waals surface area contributed by atoms with Gasteiger partial charge in [-0.2, -0.15) is 0 Å². The fraction of sp³-hybridized carbons (Fsp3) is 0.500. The summed E-state index contributed by atoms with van der Waals surface area (Å²) in [6.45, 7) is 3.61. The summed E-state index contributed by atoms with van der Waals surface area (Å²) in [4.78, 5) is 23.2. The Morgan fingerprint density at radius 1 is 1.67 bits per heavy atom. The van der Waals surface area contributed by atoms with E-state index in [1.54, 1.807) is 0 Å². The third-order valence-corrected chi connectivity index (χ3v) is 1.80. The molecule has 1 atom stereocenters. The molecule has 1 heterocycles. The summed E-state index contributed by atoms with van der Waals surface area (Å²) in [7, 11) is 0. The Kier molecular flexibility index (Phi) is 2.60. The molecule has 1 rings (SSSR count). The predicted octanol–water partition coefficient (Wildman–Crippen LogP) is -0.318. The molecule has 0 spiro atoms. The second kappa shape index (κ2) is 3.49. The Morgan fingerprint density at radius 3 is 2.92 bits per heavy atom. The molecule has 0 aliphatic carbocycles. The Balaban J connectivity index is 2.71. The molecule has 4 heteroatoms. The molecule has 0 aromatic heterocycles. The number of piperidine rings is 1. The van der Waals surface area contributed by atoms with Crippen LogP contribution in [0.5, 0.6) is 0 Å². The summed E-state index contributed by atoms with van der Waals surface area (Å²) >= 11 is 0. The van der Waals surface area contributed by atoms with Gasteiger partial charge < -0.3 is 5.11 Å². The summed E-state index contributed by atoms with van der Waals surface area (Å²) in [5.74, 6) is -0.739. The summed E-state index contributed by atoms with van der Waals surface area (Å²) in [5.41, 5.74) is 0. The van der Waals surface area contributed by atoms with Gasteiger partial charge in [-0.25, -0.2) is 0 Å². The zero-order chi connectivity index (χ0) is 9.14. The van der Waals surface area contributed by atoms with E-state index in [1.165, 1.54) is 6.08 Å². The van der Waals surface area contributed by atoms with Gasteiger partial charge in [-0.3, -0.25) is 14.5 Å². The molecule has 12 heavy (non-hydrogen) atoms. The van der Waals surface area contributed by atoms with Crippen LogP contribution in [0, 0.1) is 0 Å². The van der Waals surface area contributed by atoms with Gasteiger partial charge in [-0.05, 0) is 6.42 Å². The van der Waals surface area contributed by atoms with Gasteiger partial charge in [0.1, 0.15) is 6.10 Å². The van der Waals surface area contributed by atoms with E-state index in [0.717, 1.165) is 4.90 Å². The quantitative estimate of drug-likeness (QED) is 0.455. The number of hydrogen-bond donors (Lipinski definition) is 1. The molecule has 2 amide bonds. The molecule has 0 bridgehead atoms. The van der Waals surface area contributed by atoms with Crippen molar-refractivity contribution in [2.24, 2.45) is 0 Å². The van der Waals surface area contributed by atoms with Crippen LogP contribution in [0.4, 0.5) is 0 Å². The molecular weight excluding hydrogens is 158 g/mol. The molecule has 1 aliphatic heterocycles. The molecule has 1 N–H and O–H groups in total. The average Bonchev–Trinajstić information content (AvgIpc) is 2.06. The van der Waals surface area contributed by atoms with Gasteiger partial charge in [0, 0.05) is 13.0 Å². The fourth-order valence-electron chi connectivity index (χ4n) is 1.14. The minimum absolute atomic E-state index is 0.189. The molecule has 4 nitrogen and oxygen atoms in total. The SMILES string of the molecule is C=CCN1C(=O)CC[C@@H](O)C1=O. The van der Waals surface area contributed by atoms with Crippen LogP contribution in [-0.2, 0) is 9.59 Å². The number of aliphatic hydroxyl groups is 1. The lowest BCUT2D eigenvalue weighted by Crippen LogP contribution is -2.47. The largest absolute Gasteiger partial charge is 0.383 e. The lowest BCUT2D eigenvalue weighted by Gasteiger charge is -2.26. The molecule has 1 saturated heterocycles. The fourth-order valence-corrected chi connectivity index (χ4v) is 1.14. The molecule has 0 saturated carbocycles. The molecule has 0 aromatic carbocycles. The number of amides is 2. The number of likely N-dealkylation sites (tertiary alicyclic amines) is 1. The van der Waals surface area contributed by atoms with Crippen LogP contribution in [0.15, 0.2) is 12.7 Å². The zero-order valence-corrected chi connectivity index (χ0v) is 6.69. The summed E-state index contributed by atoms with van der Waals surface area (Å²) in [6.07, 6.45) is 0.933. The molecule has 0 aromatic rings. The molecule has 66 valence electrons. The predicted molar refractivity (Wildman–Crippen MR) is 42.2 cm³/mol. The van der Waals surface area contributed by atoms with Crippen molar-refractivity contribution in [3.63, 3.8) is 0 Å². The Labute approximate surface area is 70.5 Å². The van der Waals surface area contributed by atoms with Crippen molar-refractivity contribution in [2.45, 2.75) is 18.9 Å². The van der Waals surface area contributed by atoms with Gasteiger partial charge in [0.25, 0.3) is 5.91 Å².